The summed E-state index contributed by atoms with van der Waals surface area (Å²) in [7, 11) is 0. The first-order chi connectivity index (χ1) is 16.5. The minimum absolute atomic E-state index is 0.169. The van der Waals surface area contributed by atoms with Gasteiger partial charge in [0.05, 0.1) is 10.7 Å². The van der Waals surface area contributed by atoms with E-state index in [0.29, 0.717) is 11.6 Å². The largest absolute Gasteiger partial charge is 0.481 e. The van der Waals surface area contributed by atoms with Crippen LogP contribution in [0.3, 0.4) is 0 Å². The van der Waals surface area contributed by atoms with Gasteiger partial charge in [0.2, 0.25) is 0 Å². The Morgan fingerprint density at radius 1 is 1.20 bits per heavy atom. The van der Waals surface area contributed by atoms with E-state index >= 15 is 0 Å². The minimum Gasteiger partial charge on any atom is -0.481 e. The summed E-state index contributed by atoms with van der Waals surface area (Å²) in [5, 5.41) is 23.1. The number of alkyl halides is 3. The number of aliphatic carboxylic acids is 1. The average molecular weight is 517 g/mol. The van der Waals surface area contributed by atoms with E-state index in [2.05, 4.69) is 28.2 Å². The lowest BCUT2D eigenvalue weighted by atomic mass is 10.0. The second-order valence-corrected chi connectivity index (χ2v) is 8.22. The van der Waals surface area contributed by atoms with Crippen LogP contribution in [0.15, 0.2) is 48.7 Å². The molecule has 0 saturated heterocycles. The van der Waals surface area contributed by atoms with E-state index in [1.807, 2.05) is 6.07 Å². The molecule has 0 fully saturated rings. The van der Waals surface area contributed by atoms with Gasteiger partial charge in [-0.15, -0.1) is 0 Å². The molecule has 1 aliphatic heterocycles. The summed E-state index contributed by atoms with van der Waals surface area (Å²) >= 11 is 6.40. The summed E-state index contributed by atoms with van der Waals surface area (Å²) in [5.74, 6) is -1.05. The Balaban J connectivity index is 0.000000466. The highest BCUT2D eigenvalue weighted by Crippen LogP contribution is 2.31. The molecule has 2 aromatic carbocycles. The van der Waals surface area contributed by atoms with Gasteiger partial charge < -0.3 is 25.4 Å². The molecule has 3 rings (SSSR count). The van der Waals surface area contributed by atoms with E-state index in [-0.39, 0.29) is 17.9 Å². The molecule has 11 heteroatoms. The molecule has 0 amide bonds. The molecule has 0 bridgehead atoms. The number of carbonyl (C=O) groups is 1. The van der Waals surface area contributed by atoms with Gasteiger partial charge in [0.1, 0.15) is 17.9 Å². The van der Waals surface area contributed by atoms with E-state index in [0.717, 1.165) is 44.1 Å². The van der Waals surface area contributed by atoms with Gasteiger partial charge in [-0.3, -0.25) is 4.79 Å². The molecule has 1 aliphatic rings. The second-order valence-electron chi connectivity index (χ2n) is 7.81. The Bertz CT molecular complexity index is 1000. The van der Waals surface area contributed by atoms with Gasteiger partial charge in [0.25, 0.3) is 0 Å². The lowest BCUT2D eigenvalue weighted by molar-refractivity contribution is -0.206. The average Bonchev–Trinajstić information content (AvgIpc) is 3.04. The maximum atomic E-state index is 12.6. The third-order valence-electron chi connectivity index (χ3n) is 5.13. The smallest absolute Gasteiger partial charge is 0.425 e. The summed E-state index contributed by atoms with van der Waals surface area (Å²) in [4.78, 5) is 13.2. The SMILES string of the molecule is C=C(CC(=O)O)OO.CC(Oc1ccc(CNc2c(Cl)ccc3c2CCNCC3)cc1)C(F)(F)F. The molecule has 0 spiro atoms. The molecule has 7 nitrogen and oxygen atoms in total. The van der Waals surface area contributed by atoms with Crippen molar-refractivity contribution >= 4 is 23.3 Å². The number of anilines is 1. The van der Waals surface area contributed by atoms with Gasteiger partial charge in [-0.2, -0.15) is 13.2 Å². The quantitative estimate of drug-likeness (QED) is 0.211. The van der Waals surface area contributed by atoms with Crippen molar-refractivity contribution in [2.75, 3.05) is 18.4 Å². The van der Waals surface area contributed by atoms with Crippen LogP contribution in [-0.4, -0.2) is 41.7 Å². The highest BCUT2D eigenvalue weighted by Gasteiger charge is 2.38. The fourth-order valence-corrected chi connectivity index (χ4v) is 3.53. The Labute approximate surface area is 206 Å². The second kappa shape index (κ2) is 13.2. The van der Waals surface area contributed by atoms with Crippen molar-refractivity contribution in [1.29, 1.82) is 0 Å². The van der Waals surface area contributed by atoms with Gasteiger partial charge in [-0.25, -0.2) is 5.26 Å². The highest BCUT2D eigenvalue weighted by molar-refractivity contribution is 6.33. The summed E-state index contributed by atoms with van der Waals surface area (Å²) in [6.45, 7) is 6.44. The van der Waals surface area contributed by atoms with Crippen LogP contribution in [0.25, 0.3) is 0 Å². The Morgan fingerprint density at radius 2 is 1.86 bits per heavy atom. The summed E-state index contributed by atoms with van der Waals surface area (Å²) in [6.07, 6.45) is -4.72. The number of fused-ring (bicyclic) bond motifs is 1. The van der Waals surface area contributed by atoms with Crippen LogP contribution < -0.4 is 15.4 Å². The van der Waals surface area contributed by atoms with Gasteiger partial charge in [-0.05, 0) is 67.7 Å². The molecular formula is C24H28ClF3N2O5. The predicted octanol–water partition coefficient (Wildman–Crippen LogP) is 5.43. The van der Waals surface area contributed by atoms with Crippen molar-refractivity contribution in [2.45, 2.75) is 45.0 Å². The van der Waals surface area contributed by atoms with Gasteiger partial charge in [0, 0.05) is 6.54 Å². The zero-order valence-corrected chi connectivity index (χ0v) is 19.9. The summed E-state index contributed by atoms with van der Waals surface area (Å²) in [6, 6.07) is 10.6. The van der Waals surface area contributed by atoms with Crippen molar-refractivity contribution in [3.8, 4) is 5.75 Å². The van der Waals surface area contributed by atoms with Gasteiger partial charge >= 0.3 is 12.1 Å². The van der Waals surface area contributed by atoms with E-state index < -0.39 is 18.2 Å². The normalized spacial score (nSPS) is 13.9. The molecule has 1 atom stereocenters. The van der Waals surface area contributed by atoms with Crippen LogP contribution in [0.2, 0.25) is 5.02 Å². The van der Waals surface area contributed by atoms with E-state index in [4.69, 9.17) is 26.7 Å². The molecule has 35 heavy (non-hydrogen) atoms. The maximum absolute atomic E-state index is 12.6. The minimum atomic E-state index is -4.38. The maximum Gasteiger partial charge on any atom is 0.425 e. The monoisotopic (exact) mass is 516 g/mol. The summed E-state index contributed by atoms with van der Waals surface area (Å²) in [5.41, 5.74) is 4.38. The molecule has 1 heterocycles. The Kier molecular flexibility index (Phi) is 10.7. The number of halogens is 4. The topological polar surface area (TPSA) is 100 Å². The van der Waals surface area contributed by atoms with Crippen molar-refractivity contribution in [3.05, 3.63) is 70.4 Å². The van der Waals surface area contributed by atoms with E-state index in [1.165, 1.54) is 11.1 Å². The number of rotatable bonds is 8. The molecule has 2 aromatic rings. The van der Waals surface area contributed by atoms with Gasteiger partial charge in [0.15, 0.2) is 6.10 Å². The van der Waals surface area contributed by atoms with E-state index in [9.17, 15) is 18.0 Å². The molecule has 0 radical (unpaired) electrons. The van der Waals surface area contributed by atoms with Crippen molar-refractivity contribution in [2.24, 2.45) is 0 Å². The number of benzene rings is 2. The van der Waals surface area contributed by atoms with Crippen LogP contribution in [0.5, 0.6) is 5.75 Å². The molecule has 192 valence electrons. The third-order valence-corrected chi connectivity index (χ3v) is 5.44. The zero-order valence-electron chi connectivity index (χ0n) is 19.1. The zero-order chi connectivity index (χ0) is 26.0. The van der Waals surface area contributed by atoms with Crippen LogP contribution in [-0.2, 0) is 29.1 Å². The fourth-order valence-electron chi connectivity index (χ4n) is 3.28. The van der Waals surface area contributed by atoms with Crippen LogP contribution in [0.1, 0.15) is 30.0 Å². The Hall–Kier alpha value is -2.95. The van der Waals surface area contributed by atoms with Crippen molar-refractivity contribution < 1.29 is 38.0 Å². The number of carboxylic acids is 1. The number of ether oxygens (including phenoxy) is 1. The molecule has 1 unspecified atom stereocenters. The number of carboxylic acid groups (broad SMARTS) is 1. The first kappa shape index (κ1) is 28.3. The molecule has 0 aliphatic carbocycles. The van der Waals surface area contributed by atoms with Crippen molar-refractivity contribution in [3.63, 3.8) is 0 Å². The fraction of sp³-hybridized carbons (Fsp3) is 0.375. The van der Waals surface area contributed by atoms with Crippen LogP contribution in [0.4, 0.5) is 18.9 Å². The van der Waals surface area contributed by atoms with E-state index in [1.54, 1.807) is 24.3 Å². The number of nitrogens with one attached hydrogen (secondary N) is 2. The lowest BCUT2D eigenvalue weighted by Crippen LogP contribution is -2.31. The first-order valence-corrected chi connectivity index (χ1v) is 11.2. The van der Waals surface area contributed by atoms with Crippen LogP contribution >= 0.6 is 11.6 Å². The predicted molar refractivity (Wildman–Crippen MR) is 127 cm³/mol. The summed E-state index contributed by atoms with van der Waals surface area (Å²) < 4.78 is 42.7. The lowest BCUT2D eigenvalue weighted by Gasteiger charge is -2.18. The molecular weight excluding hydrogens is 489 g/mol. The third kappa shape index (κ3) is 9.31. The molecule has 4 N–H and O–H groups in total. The standard InChI is InChI=1S/C20H22ClF3N2O.C4H6O4/c1-13(20(22,23)24)27-16-5-2-14(3-6-16)12-26-19-17-9-11-25-10-8-15(17)4-7-18(19)21;1-3(8-7)2-4(5)6/h2-7,13,25-26H,8-12H2,1H3;7H,1-2H2,(H,5,6). The van der Waals surface area contributed by atoms with Crippen LogP contribution in [0, 0.1) is 0 Å². The first-order valence-electron chi connectivity index (χ1n) is 10.8. The molecule has 0 aromatic heterocycles. The Morgan fingerprint density at radius 3 is 2.43 bits per heavy atom. The highest BCUT2D eigenvalue weighted by atomic mass is 35.5. The molecule has 0 saturated carbocycles. The van der Waals surface area contributed by atoms with Crippen molar-refractivity contribution in [1.82, 2.24) is 5.32 Å². The number of hydrogen-bond donors (Lipinski definition) is 4. The number of hydrogen-bond acceptors (Lipinski definition) is 6. The van der Waals surface area contributed by atoms with Gasteiger partial charge in [-0.1, -0.05) is 36.4 Å².